The van der Waals surface area contributed by atoms with Crippen LogP contribution < -0.4 is 4.72 Å². The van der Waals surface area contributed by atoms with Crippen molar-refractivity contribution in [2.24, 2.45) is 0 Å². The van der Waals surface area contributed by atoms with Crippen molar-refractivity contribution < 1.29 is 13.5 Å². The van der Waals surface area contributed by atoms with E-state index in [0.29, 0.717) is 5.56 Å². The van der Waals surface area contributed by atoms with Gasteiger partial charge in [0.05, 0.1) is 4.90 Å². The van der Waals surface area contributed by atoms with Crippen LogP contribution >= 0.6 is 0 Å². The highest BCUT2D eigenvalue weighted by molar-refractivity contribution is 7.92. The molecule has 0 aliphatic heterocycles. The zero-order valence-electron chi connectivity index (χ0n) is 10.3. The van der Waals surface area contributed by atoms with E-state index < -0.39 is 10.0 Å². The van der Waals surface area contributed by atoms with Gasteiger partial charge in [0.1, 0.15) is 6.61 Å². The number of hydrogen-bond donors (Lipinski definition) is 2. The minimum Gasteiger partial charge on any atom is -0.384 e. The summed E-state index contributed by atoms with van der Waals surface area (Å²) in [5.74, 6) is 5.18. The second-order valence-corrected chi connectivity index (χ2v) is 5.34. The summed E-state index contributed by atoms with van der Waals surface area (Å²) in [5, 5.41) is 8.58. The fourth-order valence-corrected chi connectivity index (χ4v) is 2.35. The van der Waals surface area contributed by atoms with Crippen molar-refractivity contribution in [3.05, 3.63) is 48.3 Å². The van der Waals surface area contributed by atoms with Crippen LogP contribution in [0.15, 0.2) is 47.6 Å². The third-order valence-electron chi connectivity index (χ3n) is 2.27. The molecule has 2 rings (SSSR count). The third kappa shape index (κ3) is 3.54. The number of hydrogen-bond acceptors (Lipinski definition) is 5. The lowest BCUT2D eigenvalue weighted by molar-refractivity contribution is 0.350. The summed E-state index contributed by atoms with van der Waals surface area (Å²) in [7, 11) is -3.72. The number of aliphatic hydroxyl groups is 1. The molecule has 0 amide bonds. The number of aromatic nitrogens is 2. The van der Waals surface area contributed by atoms with Crippen LogP contribution in [0.4, 0.5) is 5.95 Å². The van der Waals surface area contributed by atoms with E-state index in [2.05, 4.69) is 26.5 Å². The third-order valence-corrected chi connectivity index (χ3v) is 3.61. The summed E-state index contributed by atoms with van der Waals surface area (Å²) in [6.07, 6.45) is 2.89. The largest absolute Gasteiger partial charge is 0.384 e. The van der Waals surface area contributed by atoms with Crippen molar-refractivity contribution in [1.29, 1.82) is 0 Å². The average molecular weight is 289 g/mol. The van der Waals surface area contributed by atoms with Gasteiger partial charge in [0, 0.05) is 18.0 Å². The summed E-state index contributed by atoms with van der Waals surface area (Å²) in [4.78, 5) is 7.67. The predicted octanol–water partition coefficient (Wildman–Crippen LogP) is 0.621. The van der Waals surface area contributed by atoms with Crippen LogP contribution in [-0.4, -0.2) is 30.1 Å². The minimum absolute atomic E-state index is 0.0108. The van der Waals surface area contributed by atoms with Crippen LogP contribution in [0.1, 0.15) is 5.56 Å². The van der Waals surface area contributed by atoms with Gasteiger partial charge in [-0.3, -0.25) is 0 Å². The van der Waals surface area contributed by atoms with Gasteiger partial charge in [-0.15, -0.1) is 0 Å². The molecule has 2 aromatic rings. The van der Waals surface area contributed by atoms with E-state index in [9.17, 15) is 8.42 Å². The number of nitrogens with zero attached hydrogens (tertiary/aromatic N) is 2. The number of sulfonamides is 1. The second kappa shape index (κ2) is 6.14. The van der Waals surface area contributed by atoms with Crippen molar-refractivity contribution in [3.63, 3.8) is 0 Å². The van der Waals surface area contributed by atoms with Crippen molar-refractivity contribution in [2.75, 3.05) is 11.3 Å². The molecule has 0 aliphatic rings. The summed E-state index contributed by atoms with van der Waals surface area (Å²) < 4.78 is 26.4. The lowest BCUT2D eigenvalue weighted by Gasteiger charge is -2.05. The van der Waals surface area contributed by atoms with Gasteiger partial charge in [0.2, 0.25) is 5.95 Å². The molecule has 0 atom stereocenters. The molecule has 0 aliphatic carbocycles. The van der Waals surface area contributed by atoms with E-state index in [0.717, 1.165) is 0 Å². The SMILES string of the molecule is O=S(=O)(Nc1ncccn1)c1ccc(C#CCO)cc1. The highest BCUT2D eigenvalue weighted by Crippen LogP contribution is 2.13. The minimum atomic E-state index is -3.72. The van der Waals surface area contributed by atoms with Gasteiger partial charge in [0.25, 0.3) is 10.0 Å². The van der Waals surface area contributed by atoms with Crippen molar-refractivity contribution in [1.82, 2.24) is 9.97 Å². The molecule has 0 spiro atoms. The predicted molar refractivity (Wildman–Crippen MR) is 73.2 cm³/mol. The topological polar surface area (TPSA) is 92.2 Å². The maximum Gasteiger partial charge on any atom is 0.264 e. The molecule has 20 heavy (non-hydrogen) atoms. The number of anilines is 1. The molecular formula is C13H11N3O3S. The van der Waals surface area contributed by atoms with Gasteiger partial charge >= 0.3 is 0 Å². The Morgan fingerprint density at radius 3 is 2.40 bits per heavy atom. The smallest absolute Gasteiger partial charge is 0.264 e. The van der Waals surface area contributed by atoms with E-state index in [1.807, 2.05) is 0 Å². The van der Waals surface area contributed by atoms with Crippen LogP contribution in [0.3, 0.4) is 0 Å². The average Bonchev–Trinajstić information content (AvgIpc) is 2.46. The first-order valence-electron chi connectivity index (χ1n) is 5.61. The molecule has 0 saturated heterocycles. The molecule has 0 radical (unpaired) electrons. The van der Waals surface area contributed by atoms with Crippen LogP contribution in [0.5, 0.6) is 0 Å². The number of aliphatic hydroxyl groups excluding tert-OH is 1. The van der Waals surface area contributed by atoms with Gasteiger partial charge in [0.15, 0.2) is 0 Å². The fourth-order valence-electron chi connectivity index (χ4n) is 1.39. The molecule has 0 fully saturated rings. The second-order valence-electron chi connectivity index (χ2n) is 3.66. The Labute approximate surface area is 116 Å². The Morgan fingerprint density at radius 1 is 1.15 bits per heavy atom. The van der Waals surface area contributed by atoms with Gasteiger partial charge in [-0.05, 0) is 30.3 Å². The summed E-state index contributed by atoms with van der Waals surface area (Å²) in [6.45, 7) is -0.243. The van der Waals surface area contributed by atoms with Crippen LogP contribution in [0.25, 0.3) is 0 Å². The molecule has 1 aromatic carbocycles. The maximum atomic E-state index is 12.1. The molecule has 0 bridgehead atoms. The molecule has 0 saturated carbocycles. The zero-order chi connectivity index (χ0) is 14.4. The summed E-state index contributed by atoms with van der Waals surface area (Å²) in [5.41, 5.74) is 0.619. The van der Waals surface area contributed by atoms with Crippen LogP contribution in [-0.2, 0) is 10.0 Å². The van der Waals surface area contributed by atoms with Gasteiger partial charge in [-0.2, -0.15) is 0 Å². The van der Waals surface area contributed by atoms with E-state index in [4.69, 9.17) is 5.11 Å². The molecule has 1 heterocycles. The van der Waals surface area contributed by atoms with Crippen LogP contribution in [0, 0.1) is 11.8 Å². The van der Waals surface area contributed by atoms with E-state index in [1.54, 1.807) is 18.2 Å². The van der Waals surface area contributed by atoms with Crippen molar-refractivity contribution in [2.45, 2.75) is 4.90 Å². The van der Waals surface area contributed by atoms with Gasteiger partial charge in [-0.25, -0.2) is 23.1 Å². The van der Waals surface area contributed by atoms with E-state index in [-0.39, 0.29) is 17.5 Å². The highest BCUT2D eigenvalue weighted by Gasteiger charge is 2.14. The molecule has 6 nitrogen and oxygen atoms in total. The Hall–Kier alpha value is -2.43. The Kier molecular flexibility index (Phi) is 4.30. The highest BCUT2D eigenvalue weighted by atomic mass is 32.2. The number of rotatable bonds is 3. The fraction of sp³-hybridized carbons (Fsp3) is 0.0769. The van der Waals surface area contributed by atoms with Crippen LogP contribution in [0.2, 0.25) is 0 Å². The molecule has 1 aromatic heterocycles. The first-order chi connectivity index (χ1) is 9.62. The molecule has 0 unspecified atom stereocenters. The monoisotopic (exact) mass is 289 g/mol. The normalized spacial score (nSPS) is 10.4. The molecule has 7 heteroatoms. The van der Waals surface area contributed by atoms with E-state index >= 15 is 0 Å². The van der Waals surface area contributed by atoms with Gasteiger partial charge in [-0.1, -0.05) is 11.8 Å². The van der Waals surface area contributed by atoms with Gasteiger partial charge < -0.3 is 5.11 Å². The lowest BCUT2D eigenvalue weighted by atomic mass is 10.2. The number of nitrogens with one attached hydrogen (secondary N) is 1. The Balaban J connectivity index is 2.22. The Morgan fingerprint density at radius 2 is 1.80 bits per heavy atom. The van der Waals surface area contributed by atoms with Crippen molar-refractivity contribution in [3.8, 4) is 11.8 Å². The molecule has 2 N–H and O–H groups in total. The molecular weight excluding hydrogens is 278 g/mol. The number of benzene rings is 1. The lowest BCUT2D eigenvalue weighted by Crippen LogP contribution is -2.14. The quantitative estimate of drug-likeness (QED) is 0.808. The first-order valence-corrected chi connectivity index (χ1v) is 7.10. The summed E-state index contributed by atoms with van der Waals surface area (Å²) in [6, 6.07) is 7.55. The van der Waals surface area contributed by atoms with E-state index in [1.165, 1.54) is 24.5 Å². The van der Waals surface area contributed by atoms with Crippen molar-refractivity contribution >= 4 is 16.0 Å². The maximum absolute atomic E-state index is 12.1. The molecule has 102 valence electrons. The standard InChI is InChI=1S/C13H11N3O3S/c17-10-1-3-11-4-6-12(7-5-11)20(18,19)16-13-14-8-2-9-15-13/h2,4-9,17H,10H2,(H,14,15,16). The summed E-state index contributed by atoms with van der Waals surface area (Å²) >= 11 is 0. The zero-order valence-corrected chi connectivity index (χ0v) is 11.1. The first kappa shape index (κ1) is 14.0. The Bertz CT molecular complexity index is 732.